The fourth-order valence-electron chi connectivity index (χ4n) is 2.99. The third kappa shape index (κ3) is 4.26. The lowest BCUT2D eigenvalue weighted by atomic mass is 10.0. The summed E-state index contributed by atoms with van der Waals surface area (Å²) in [6, 6.07) is 5.79. The van der Waals surface area contributed by atoms with Crippen molar-refractivity contribution in [1.29, 1.82) is 0 Å². The Morgan fingerprint density at radius 2 is 1.83 bits per heavy atom. The molecular weight excluding hydrogens is 373 g/mol. The normalized spacial score (nSPS) is 11.3. The predicted molar refractivity (Wildman–Crippen MR) is 111 cm³/mol. The minimum atomic E-state index is -0.597. The van der Waals surface area contributed by atoms with Crippen LogP contribution in [0.25, 0.3) is 11.0 Å². The Morgan fingerprint density at radius 1 is 1.10 bits per heavy atom. The van der Waals surface area contributed by atoms with Gasteiger partial charge < -0.3 is 10.6 Å². The van der Waals surface area contributed by atoms with E-state index in [0.717, 1.165) is 5.69 Å². The van der Waals surface area contributed by atoms with Crippen LogP contribution in [0.3, 0.4) is 0 Å². The monoisotopic (exact) mass is 397 g/mol. The van der Waals surface area contributed by atoms with Crippen LogP contribution in [0.4, 0.5) is 15.8 Å². The highest BCUT2D eigenvalue weighted by molar-refractivity contribution is 6.12. The first-order valence-corrected chi connectivity index (χ1v) is 9.44. The van der Waals surface area contributed by atoms with E-state index in [1.54, 1.807) is 16.9 Å². The van der Waals surface area contributed by atoms with Gasteiger partial charge in [-0.1, -0.05) is 13.8 Å². The van der Waals surface area contributed by atoms with E-state index in [1.165, 1.54) is 25.1 Å². The molecule has 0 saturated carbocycles. The second-order valence-corrected chi connectivity index (χ2v) is 7.50. The van der Waals surface area contributed by atoms with Crippen LogP contribution in [0.2, 0.25) is 0 Å². The molecule has 2 aromatic heterocycles. The number of rotatable bonds is 5. The summed E-state index contributed by atoms with van der Waals surface area (Å²) >= 11 is 0. The molecule has 0 unspecified atom stereocenters. The summed E-state index contributed by atoms with van der Waals surface area (Å²) in [4.78, 5) is 29.0. The fourth-order valence-corrected chi connectivity index (χ4v) is 2.99. The van der Waals surface area contributed by atoms with Crippen molar-refractivity contribution in [2.75, 3.05) is 10.6 Å². The maximum absolute atomic E-state index is 14.3. The first-order valence-electron chi connectivity index (χ1n) is 9.44. The number of hydrogen-bond donors (Lipinski definition) is 2. The molecule has 0 bridgehead atoms. The maximum Gasteiger partial charge on any atom is 0.256 e. The molecule has 3 rings (SSSR count). The molecule has 2 N–H and O–H groups in total. The van der Waals surface area contributed by atoms with Crippen LogP contribution in [-0.4, -0.2) is 26.6 Å². The van der Waals surface area contributed by atoms with Gasteiger partial charge in [0.05, 0.1) is 22.8 Å². The van der Waals surface area contributed by atoms with E-state index >= 15 is 0 Å². The summed E-state index contributed by atoms with van der Waals surface area (Å²) < 4.78 is 16.0. The summed E-state index contributed by atoms with van der Waals surface area (Å²) in [5, 5.41) is 10.1. The van der Waals surface area contributed by atoms with Crippen LogP contribution in [0.15, 0.2) is 30.5 Å². The molecule has 0 saturated heterocycles. The van der Waals surface area contributed by atoms with Gasteiger partial charge in [0.1, 0.15) is 5.82 Å². The predicted octanol–water partition coefficient (Wildman–Crippen LogP) is 4.49. The number of amides is 2. The highest BCUT2D eigenvalue weighted by Gasteiger charge is 2.20. The van der Waals surface area contributed by atoms with Gasteiger partial charge in [0.15, 0.2) is 5.65 Å². The van der Waals surface area contributed by atoms with Gasteiger partial charge in [-0.15, -0.1) is 0 Å². The number of carbonyl (C=O) groups is 2. The van der Waals surface area contributed by atoms with Gasteiger partial charge in [0.25, 0.3) is 5.91 Å². The Kier molecular flexibility index (Phi) is 5.63. The van der Waals surface area contributed by atoms with Crippen molar-refractivity contribution in [3.63, 3.8) is 0 Å². The van der Waals surface area contributed by atoms with E-state index in [2.05, 4.69) is 20.7 Å². The second-order valence-electron chi connectivity index (χ2n) is 7.50. The summed E-state index contributed by atoms with van der Waals surface area (Å²) in [6.45, 7) is 9.30. The Labute approximate surface area is 168 Å². The molecule has 0 aliphatic carbocycles. The summed E-state index contributed by atoms with van der Waals surface area (Å²) in [5.41, 5.74) is 2.11. The molecule has 0 atom stereocenters. The van der Waals surface area contributed by atoms with Crippen molar-refractivity contribution in [1.82, 2.24) is 14.8 Å². The number of aromatic nitrogens is 3. The molecule has 29 heavy (non-hydrogen) atoms. The highest BCUT2D eigenvalue weighted by atomic mass is 19.1. The van der Waals surface area contributed by atoms with Crippen molar-refractivity contribution in [2.24, 2.45) is 0 Å². The lowest BCUT2D eigenvalue weighted by molar-refractivity contribution is -0.114. The van der Waals surface area contributed by atoms with Crippen molar-refractivity contribution >= 4 is 34.2 Å². The van der Waals surface area contributed by atoms with Gasteiger partial charge in [-0.2, -0.15) is 5.10 Å². The number of halogens is 1. The zero-order valence-electron chi connectivity index (χ0n) is 17.1. The number of anilines is 2. The number of hydrogen-bond acceptors (Lipinski definition) is 4. The third-order valence-corrected chi connectivity index (χ3v) is 4.45. The molecule has 3 aromatic rings. The van der Waals surface area contributed by atoms with Gasteiger partial charge in [-0.3, -0.25) is 9.59 Å². The van der Waals surface area contributed by atoms with E-state index in [-0.39, 0.29) is 23.6 Å². The van der Waals surface area contributed by atoms with Crippen LogP contribution in [0.5, 0.6) is 0 Å². The average molecular weight is 397 g/mol. The van der Waals surface area contributed by atoms with Crippen molar-refractivity contribution in [3.8, 4) is 0 Å². The van der Waals surface area contributed by atoms with Crippen molar-refractivity contribution < 1.29 is 14.0 Å². The fraction of sp³-hybridized carbons (Fsp3) is 0.333. The molecule has 0 aliphatic heterocycles. The van der Waals surface area contributed by atoms with Gasteiger partial charge in [-0.05, 0) is 44.0 Å². The topological polar surface area (TPSA) is 88.9 Å². The number of benzene rings is 1. The van der Waals surface area contributed by atoms with E-state index in [1.807, 2.05) is 27.7 Å². The molecule has 7 nitrogen and oxygen atoms in total. The first kappa shape index (κ1) is 20.4. The number of carbonyl (C=O) groups excluding carboxylic acids is 2. The highest BCUT2D eigenvalue weighted by Crippen LogP contribution is 2.26. The number of pyridine rings is 1. The largest absolute Gasteiger partial charge is 0.326 e. The zero-order valence-corrected chi connectivity index (χ0v) is 17.1. The molecule has 0 fully saturated rings. The molecule has 0 radical (unpaired) electrons. The quantitative estimate of drug-likeness (QED) is 0.664. The Bertz CT molecular complexity index is 1090. The SMILES string of the molecule is CC(=O)Nc1ccc(F)c(NC(=O)c2cc(C(C)C)nc3c2cnn3C(C)C)c1. The van der Waals surface area contributed by atoms with Gasteiger partial charge >= 0.3 is 0 Å². The maximum atomic E-state index is 14.3. The van der Waals surface area contributed by atoms with E-state index < -0.39 is 11.7 Å². The van der Waals surface area contributed by atoms with Gasteiger partial charge in [0.2, 0.25) is 5.91 Å². The second kappa shape index (κ2) is 7.98. The lowest BCUT2D eigenvalue weighted by Crippen LogP contribution is -2.15. The van der Waals surface area contributed by atoms with Crippen LogP contribution in [0, 0.1) is 5.82 Å². The lowest BCUT2D eigenvalue weighted by Gasteiger charge is -2.13. The van der Waals surface area contributed by atoms with Crippen LogP contribution in [-0.2, 0) is 4.79 Å². The Hall–Kier alpha value is -3.29. The van der Waals surface area contributed by atoms with E-state index in [0.29, 0.717) is 22.3 Å². The van der Waals surface area contributed by atoms with Gasteiger partial charge in [-0.25, -0.2) is 14.1 Å². The molecule has 2 heterocycles. The van der Waals surface area contributed by atoms with Crippen LogP contribution < -0.4 is 10.6 Å². The molecule has 0 aliphatic rings. The Balaban J connectivity index is 2.04. The summed E-state index contributed by atoms with van der Waals surface area (Å²) in [7, 11) is 0. The molecule has 0 spiro atoms. The molecule has 1 aromatic carbocycles. The van der Waals surface area contributed by atoms with E-state index in [9.17, 15) is 14.0 Å². The molecule has 2 amide bonds. The number of nitrogens with one attached hydrogen (secondary N) is 2. The van der Waals surface area contributed by atoms with Crippen LogP contribution >= 0.6 is 0 Å². The van der Waals surface area contributed by atoms with Gasteiger partial charge in [0, 0.05) is 24.3 Å². The average Bonchev–Trinajstić information content (AvgIpc) is 3.07. The molecular formula is C21H24FN5O2. The summed E-state index contributed by atoms with van der Waals surface area (Å²) in [5.74, 6) is -1.25. The Morgan fingerprint density at radius 3 is 2.45 bits per heavy atom. The number of nitrogens with zero attached hydrogens (tertiary/aromatic N) is 3. The smallest absolute Gasteiger partial charge is 0.256 e. The standard InChI is InChI=1S/C21H24FN5O2/c1-11(2)18-9-15(16-10-23-27(12(3)4)20(16)25-18)21(29)26-19-8-14(24-13(5)28)6-7-17(19)22/h6-12H,1-5H3,(H,24,28)(H,26,29). The minimum absolute atomic E-state index is 0.0199. The van der Waals surface area contributed by atoms with E-state index in [4.69, 9.17) is 0 Å². The van der Waals surface area contributed by atoms with Crippen LogP contribution in [0.1, 0.15) is 62.6 Å². The molecule has 152 valence electrons. The minimum Gasteiger partial charge on any atom is -0.326 e. The first-order chi connectivity index (χ1) is 13.7. The summed E-state index contributed by atoms with van der Waals surface area (Å²) in [6.07, 6.45) is 1.60. The molecule has 8 heteroatoms. The third-order valence-electron chi connectivity index (χ3n) is 4.45. The number of fused-ring (bicyclic) bond motifs is 1. The zero-order chi connectivity index (χ0) is 21.3. The van der Waals surface area contributed by atoms with Crippen molar-refractivity contribution in [2.45, 2.75) is 46.6 Å². The van der Waals surface area contributed by atoms with Crippen molar-refractivity contribution in [3.05, 3.63) is 47.5 Å².